The summed E-state index contributed by atoms with van der Waals surface area (Å²) in [7, 11) is 0. The van der Waals surface area contributed by atoms with Gasteiger partial charge in [0.05, 0.1) is 6.10 Å². The van der Waals surface area contributed by atoms with Crippen LogP contribution in [-0.4, -0.2) is 12.0 Å². The van der Waals surface area contributed by atoms with Gasteiger partial charge in [0, 0.05) is 11.1 Å². The Hall–Kier alpha value is -3.27. The van der Waals surface area contributed by atoms with Gasteiger partial charge in [0.25, 0.3) is 5.91 Å². The fourth-order valence-electron chi connectivity index (χ4n) is 2.99. The number of hydrogen-bond acceptors (Lipinski definition) is 3. The molecule has 4 nitrogen and oxygen atoms in total. The molecule has 1 amide bonds. The predicted octanol–water partition coefficient (Wildman–Crippen LogP) is 5.63. The average Bonchev–Trinajstić information content (AvgIpc) is 3.08. The lowest BCUT2D eigenvalue weighted by atomic mass is 10.1. The normalized spacial score (nSPS) is 11.2. The number of rotatable bonds is 4. The van der Waals surface area contributed by atoms with Gasteiger partial charge in [-0.05, 0) is 61.0 Å². The van der Waals surface area contributed by atoms with Crippen LogP contribution in [0.15, 0.2) is 71.1 Å². The summed E-state index contributed by atoms with van der Waals surface area (Å²) < 4.78 is 11.4. The Balaban J connectivity index is 1.59. The highest BCUT2D eigenvalue weighted by atomic mass is 16.5. The van der Waals surface area contributed by atoms with E-state index in [1.54, 1.807) is 6.07 Å². The Kier molecular flexibility index (Phi) is 4.09. The standard InChI is InChI=1S/C22H19NO3/c1-14(2)25-17-10-8-16(9-11-17)23-22(24)21-13-19-18-6-4-3-5-15(18)7-12-20(19)26-21/h3-14H,1-2H3,(H,23,24). The van der Waals surface area contributed by atoms with E-state index in [9.17, 15) is 4.79 Å². The van der Waals surface area contributed by atoms with Gasteiger partial charge in [-0.3, -0.25) is 4.79 Å². The summed E-state index contributed by atoms with van der Waals surface area (Å²) in [6.45, 7) is 3.95. The number of carbonyl (C=O) groups excluding carboxylic acids is 1. The molecule has 0 unspecified atom stereocenters. The maximum Gasteiger partial charge on any atom is 0.291 e. The molecule has 0 atom stereocenters. The van der Waals surface area contributed by atoms with Crippen LogP contribution in [0.3, 0.4) is 0 Å². The lowest BCUT2D eigenvalue weighted by molar-refractivity contribution is 0.0998. The Morgan fingerprint density at radius 3 is 2.50 bits per heavy atom. The lowest BCUT2D eigenvalue weighted by Gasteiger charge is -2.10. The first kappa shape index (κ1) is 16.2. The molecule has 0 aliphatic rings. The van der Waals surface area contributed by atoms with Crippen LogP contribution in [0.1, 0.15) is 24.4 Å². The molecular formula is C22H19NO3. The van der Waals surface area contributed by atoms with Crippen molar-refractivity contribution in [3.8, 4) is 5.75 Å². The second-order valence-corrected chi connectivity index (χ2v) is 6.45. The van der Waals surface area contributed by atoms with Crippen molar-refractivity contribution in [2.24, 2.45) is 0 Å². The minimum atomic E-state index is -0.275. The second kappa shape index (κ2) is 6.56. The molecule has 0 aliphatic carbocycles. The maximum absolute atomic E-state index is 12.5. The monoisotopic (exact) mass is 345 g/mol. The molecule has 4 aromatic rings. The van der Waals surface area contributed by atoms with Crippen molar-refractivity contribution in [2.75, 3.05) is 5.32 Å². The number of hydrogen-bond donors (Lipinski definition) is 1. The quantitative estimate of drug-likeness (QED) is 0.522. The molecule has 0 fully saturated rings. The van der Waals surface area contributed by atoms with Crippen LogP contribution < -0.4 is 10.1 Å². The van der Waals surface area contributed by atoms with E-state index in [0.29, 0.717) is 17.0 Å². The summed E-state index contributed by atoms with van der Waals surface area (Å²) in [4.78, 5) is 12.5. The van der Waals surface area contributed by atoms with Crippen LogP contribution in [0.5, 0.6) is 5.75 Å². The molecule has 4 heteroatoms. The van der Waals surface area contributed by atoms with Crippen LogP contribution in [0, 0.1) is 0 Å². The molecule has 0 bridgehead atoms. The number of anilines is 1. The zero-order valence-electron chi connectivity index (χ0n) is 14.7. The van der Waals surface area contributed by atoms with Gasteiger partial charge in [-0.2, -0.15) is 0 Å². The summed E-state index contributed by atoms with van der Waals surface area (Å²) in [6.07, 6.45) is 0.112. The van der Waals surface area contributed by atoms with Crippen molar-refractivity contribution < 1.29 is 13.9 Å². The van der Waals surface area contributed by atoms with Gasteiger partial charge in [-0.1, -0.05) is 30.3 Å². The summed E-state index contributed by atoms with van der Waals surface area (Å²) >= 11 is 0. The number of benzene rings is 3. The van der Waals surface area contributed by atoms with Gasteiger partial charge >= 0.3 is 0 Å². The van der Waals surface area contributed by atoms with Crippen molar-refractivity contribution in [3.63, 3.8) is 0 Å². The molecule has 1 N–H and O–H groups in total. The molecule has 1 heterocycles. The Bertz CT molecular complexity index is 1080. The van der Waals surface area contributed by atoms with Gasteiger partial charge in [0.15, 0.2) is 5.76 Å². The highest BCUT2D eigenvalue weighted by molar-refractivity contribution is 6.10. The summed E-state index contributed by atoms with van der Waals surface area (Å²) in [6, 6.07) is 21.0. The predicted molar refractivity (Wildman–Crippen MR) is 104 cm³/mol. The van der Waals surface area contributed by atoms with E-state index < -0.39 is 0 Å². The van der Waals surface area contributed by atoms with Gasteiger partial charge in [-0.25, -0.2) is 0 Å². The first-order valence-electron chi connectivity index (χ1n) is 8.59. The second-order valence-electron chi connectivity index (χ2n) is 6.45. The number of nitrogens with one attached hydrogen (secondary N) is 1. The van der Waals surface area contributed by atoms with E-state index in [-0.39, 0.29) is 12.0 Å². The van der Waals surface area contributed by atoms with Crippen molar-refractivity contribution in [3.05, 3.63) is 72.5 Å². The largest absolute Gasteiger partial charge is 0.491 e. The summed E-state index contributed by atoms with van der Waals surface area (Å²) in [5.74, 6) is 0.787. The molecule has 0 aliphatic heterocycles. The van der Waals surface area contributed by atoms with Gasteiger partial charge in [0.2, 0.25) is 0 Å². The van der Waals surface area contributed by atoms with Crippen molar-refractivity contribution in [2.45, 2.75) is 20.0 Å². The van der Waals surface area contributed by atoms with Gasteiger partial charge < -0.3 is 14.5 Å². The van der Waals surface area contributed by atoms with Crippen LogP contribution in [0.4, 0.5) is 5.69 Å². The molecule has 3 aromatic carbocycles. The molecule has 0 saturated heterocycles. The zero-order chi connectivity index (χ0) is 18.1. The van der Waals surface area contributed by atoms with E-state index in [0.717, 1.165) is 21.9 Å². The van der Waals surface area contributed by atoms with Gasteiger partial charge in [0.1, 0.15) is 11.3 Å². The molecule has 26 heavy (non-hydrogen) atoms. The third kappa shape index (κ3) is 3.14. The molecule has 0 spiro atoms. The minimum absolute atomic E-state index is 0.112. The maximum atomic E-state index is 12.5. The van der Waals surface area contributed by atoms with E-state index in [4.69, 9.17) is 9.15 Å². The Morgan fingerprint density at radius 1 is 0.962 bits per heavy atom. The third-order valence-corrected chi connectivity index (χ3v) is 4.13. The summed E-state index contributed by atoms with van der Waals surface area (Å²) in [5, 5.41) is 5.99. The van der Waals surface area contributed by atoms with Crippen molar-refractivity contribution in [1.82, 2.24) is 0 Å². The third-order valence-electron chi connectivity index (χ3n) is 4.13. The SMILES string of the molecule is CC(C)Oc1ccc(NC(=O)c2cc3c(ccc4ccccc43)o2)cc1. The van der Waals surface area contributed by atoms with E-state index >= 15 is 0 Å². The molecule has 0 radical (unpaired) electrons. The molecule has 4 rings (SSSR count). The number of fused-ring (bicyclic) bond motifs is 3. The Morgan fingerprint density at radius 2 is 1.73 bits per heavy atom. The number of amides is 1. The van der Waals surface area contributed by atoms with E-state index in [1.807, 2.05) is 74.5 Å². The highest BCUT2D eigenvalue weighted by Crippen LogP contribution is 2.28. The first-order chi connectivity index (χ1) is 12.6. The molecular weight excluding hydrogens is 326 g/mol. The lowest BCUT2D eigenvalue weighted by Crippen LogP contribution is -2.11. The van der Waals surface area contributed by atoms with Crippen LogP contribution in [-0.2, 0) is 0 Å². The van der Waals surface area contributed by atoms with Gasteiger partial charge in [-0.15, -0.1) is 0 Å². The van der Waals surface area contributed by atoms with Crippen LogP contribution in [0.2, 0.25) is 0 Å². The van der Waals surface area contributed by atoms with Crippen LogP contribution >= 0.6 is 0 Å². The minimum Gasteiger partial charge on any atom is -0.491 e. The number of furan rings is 1. The van der Waals surface area contributed by atoms with E-state index in [2.05, 4.69) is 5.32 Å². The Labute approximate surface area is 151 Å². The average molecular weight is 345 g/mol. The van der Waals surface area contributed by atoms with E-state index in [1.165, 1.54) is 0 Å². The zero-order valence-corrected chi connectivity index (χ0v) is 14.7. The number of ether oxygens (including phenoxy) is 1. The highest BCUT2D eigenvalue weighted by Gasteiger charge is 2.14. The molecule has 0 saturated carbocycles. The first-order valence-corrected chi connectivity index (χ1v) is 8.59. The fraction of sp³-hybridized carbons (Fsp3) is 0.136. The molecule has 130 valence electrons. The van der Waals surface area contributed by atoms with Crippen LogP contribution in [0.25, 0.3) is 21.7 Å². The topological polar surface area (TPSA) is 51.5 Å². The fourth-order valence-corrected chi connectivity index (χ4v) is 2.99. The smallest absolute Gasteiger partial charge is 0.291 e. The molecule has 1 aromatic heterocycles. The number of carbonyl (C=O) groups is 1. The van der Waals surface area contributed by atoms with Crippen molar-refractivity contribution in [1.29, 1.82) is 0 Å². The van der Waals surface area contributed by atoms with Crippen molar-refractivity contribution >= 4 is 33.3 Å². The summed E-state index contributed by atoms with van der Waals surface area (Å²) in [5.41, 5.74) is 1.39.